The first-order valence-corrected chi connectivity index (χ1v) is 7.76. The summed E-state index contributed by atoms with van der Waals surface area (Å²) in [6, 6.07) is 5.52. The van der Waals surface area contributed by atoms with E-state index in [0.29, 0.717) is 31.7 Å². The predicted molar refractivity (Wildman–Crippen MR) is 82.0 cm³/mol. The van der Waals surface area contributed by atoms with E-state index in [1.54, 1.807) is 11.0 Å². The average Bonchev–Trinajstić information content (AvgIpc) is 2.43. The number of benzene rings is 1. The Kier molecular flexibility index (Phi) is 3.77. The third kappa shape index (κ3) is 2.90. The van der Waals surface area contributed by atoms with E-state index in [2.05, 4.69) is 0 Å². The SMILES string of the molecule is CC(C)(C)OC(=O)N1CCO[C@@H]2Cc3c(O)cccc3CC21. The number of phenolic OH excluding ortho intramolecular Hbond substituents is 1. The highest BCUT2D eigenvalue weighted by molar-refractivity contribution is 5.69. The average molecular weight is 305 g/mol. The minimum atomic E-state index is -0.504. The highest BCUT2D eigenvalue weighted by Gasteiger charge is 2.40. The first kappa shape index (κ1) is 15.2. The van der Waals surface area contributed by atoms with E-state index in [0.717, 1.165) is 11.1 Å². The fourth-order valence-electron chi connectivity index (χ4n) is 3.24. The van der Waals surface area contributed by atoms with Crippen molar-refractivity contribution in [2.45, 2.75) is 51.4 Å². The molecule has 1 heterocycles. The van der Waals surface area contributed by atoms with Crippen LogP contribution in [0.15, 0.2) is 18.2 Å². The predicted octanol–water partition coefficient (Wildman–Crippen LogP) is 2.50. The Morgan fingerprint density at radius 3 is 2.86 bits per heavy atom. The first-order chi connectivity index (χ1) is 10.3. The van der Waals surface area contributed by atoms with Gasteiger partial charge in [0.1, 0.15) is 11.4 Å². The van der Waals surface area contributed by atoms with Crippen LogP contribution in [-0.4, -0.2) is 47.0 Å². The fraction of sp³-hybridized carbons (Fsp3) is 0.588. The standard InChI is InChI=1S/C17H23NO4/c1-17(2,3)22-16(20)18-7-8-21-15-10-12-11(9-13(15)18)5-4-6-14(12)19/h4-6,13,15,19H,7-10H2,1-3H3/t13?,15-/m1/s1. The molecule has 1 aliphatic heterocycles. The maximum atomic E-state index is 12.4. The van der Waals surface area contributed by atoms with Crippen molar-refractivity contribution in [3.05, 3.63) is 29.3 Å². The van der Waals surface area contributed by atoms with E-state index >= 15 is 0 Å². The van der Waals surface area contributed by atoms with Gasteiger partial charge in [-0.05, 0) is 44.4 Å². The molecule has 1 aliphatic carbocycles. The lowest BCUT2D eigenvalue weighted by molar-refractivity contribution is -0.0783. The van der Waals surface area contributed by atoms with Crippen molar-refractivity contribution in [1.29, 1.82) is 0 Å². The van der Waals surface area contributed by atoms with E-state index < -0.39 is 5.60 Å². The molecular weight excluding hydrogens is 282 g/mol. The second-order valence-electron chi connectivity index (χ2n) is 6.97. The number of hydrogen-bond donors (Lipinski definition) is 1. The topological polar surface area (TPSA) is 59.0 Å². The van der Waals surface area contributed by atoms with Crippen molar-refractivity contribution in [1.82, 2.24) is 4.90 Å². The molecule has 0 aromatic heterocycles. The van der Waals surface area contributed by atoms with E-state index in [1.165, 1.54) is 0 Å². The van der Waals surface area contributed by atoms with E-state index in [4.69, 9.17) is 9.47 Å². The van der Waals surface area contributed by atoms with E-state index in [9.17, 15) is 9.90 Å². The Balaban J connectivity index is 1.83. The maximum Gasteiger partial charge on any atom is 0.410 e. The quantitative estimate of drug-likeness (QED) is 0.800. The van der Waals surface area contributed by atoms with Crippen LogP contribution in [0.4, 0.5) is 4.79 Å². The van der Waals surface area contributed by atoms with E-state index in [-0.39, 0.29) is 18.2 Å². The van der Waals surface area contributed by atoms with Gasteiger partial charge in [0.15, 0.2) is 0 Å². The summed E-state index contributed by atoms with van der Waals surface area (Å²) in [5, 5.41) is 10.0. The number of amides is 1. The number of carbonyl (C=O) groups excluding carboxylic acids is 1. The van der Waals surface area contributed by atoms with Gasteiger partial charge in [-0.3, -0.25) is 4.90 Å². The number of ether oxygens (including phenoxy) is 2. The van der Waals surface area contributed by atoms with Crippen LogP contribution < -0.4 is 0 Å². The van der Waals surface area contributed by atoms with Crippen LogP contribution in [0.25, 0.3) is 0 Å². The minimum Gasteiger partial charge on any atom is -0.508 e. The van der Waals surface area contributed by atoms with Crippen LogP contribution in [0, 0.1) is 0 Å². The van der Waals surface area contributed by atoms with E-state index in [1.807, 2.05) is 32.9 Å². The Bertz CT molecular complexity index is 579. The van der Waals surface area contributed by atoms with Crippen molar-refractivity contribution in [2.24, 2.45) is 0 Å². The van der Waals surface area contributed by atoms with Gasteiger partial charge in [-0.15, -0.1) is 0 Å². The van der Waals surface area contributed by atoms with Crippen LogP contribution >= 0.6 is 0 Å². The normalized spacial score (nSPS) is 24.4. The number of aromatic hydroxyl groups is 1. The maximum absolute atomic E-state index is 12.4. The van der Waals surface area contributed by atoms with Gasteiger partial charge in [-0.25, -0.2) is 4.79 Å². The molecule has 1 fully saturated rings. The third-order valence-electron chi connectivity index (χ3n) is 4.20. The lowest BCUT2D eigenvalue weighted by atomic mass is 9.84. The highest BCUT2D eigenvalue weighted by atomic mass is 16.6. The minimum absolute atomic E-state index is 0.0297. The number of fused-ring (bicyclic) bond motifs is 2. The smallest absolute Gasteiger partial charge is 0.410 e. The summed E-state index contributed by atoms with van der Waals surface area (Å²) >= 11 is 0. The molecule has 1 amide bonds. The van der Waals surface area contributed by atoms with Gasteiger partial charge in [0, 0.05) is 13.0 Å². The molecule has 2 aliphatic rings. The van der Waals surface area contributed by atoms with Crippen molar-refractivity contribution in [3.8, 4) is 5.75 Å². The lowest BCUT2D eigenvalue weighted by Crippen LogP contribution is -2.57. The molecule has 0 radical (unpaired) electrons. The van der Waals surface area contributed by atoms with Crippen molar-refractivity contribution < 1.29 is 19.4 Å². The first-order valence-electron chi connectivity index (χ1n) is 7.76. The second kappa shape index (κ2) is 5.47. The molecule has 1 saturated heterocycles. The summed E-state index contributed by atoms with van der Waals surface area (Å²) in [7, 11) is 0. The number of rotatable bonds is 0. The van der Waals surface area contributed by atoms with Gasteiger partial charge in [0.25, 0.3) is 0 Å². The van der Waals surface area contributed by atoms with Crippen LogP contribution in [0.2, 0.25) is 0 Å². The molecule has 3 rings (SSSR count). The summed E-state index contributed by atoms with van der Waals surface area (Å²) in [5.74, 6) is 0.314. The molecule has 0 spiro atoms. The summed E-state index contributed by atoms with van der Waals surface area (Å²) in [4.78, 5) is 14.2. The van der Waals surface area contributed by atoms with Gasteiger partial charge < -0.3 is 14.6 Å². The van der Waals surface area contributed by atoms with Gasteiger partial charge in [-0.2, -0.15) is 0 Å². The molecule has 5 heteroatoms. The summed E-state index contributed by atoms with van der Waals surface area (Å²) < 4.78 is 11.4. The van der Waals surface area contributed by atoms with Crippen LogP contribution in [-0.2, 0) is 22.3 Å². The number of phenols is 1. The van der Waals surface area contributed by atoms with Crippen LogP contribution in [0.1, 0.15) is 31.9 Å². The summed E-state index contributed by atoms with van der Waals surface area (Å²) in [5.41, 5.74) is 1.52. The largest absolute Gasteiger partial charge is 0.508 e. The zero-order chi connectivity index (χ0) is 15.9. The zero-order valence-corrected chi connectivity index (χ0v) is 13.3. The molecule has 5 nitrogen and oxygen atoms in total. The molecule has 0 bridgehead atoms. The van der Waals surface area contributed by atoms with Crippen molar-refractivity contribution in [2.75, 3.05) is 13.2 Å². The van der Waals surface area contributed by atoms with Crippen molar-refractivity contribution >= 4 is 6.09 Å². The zero-order valence-electron chi connectivity index (χ0n) is 13.3. The van der Waals surface area contributed by atoms with Gasteiger partial charge in [0.2, 0.25) is 0 Å². The fourth-order valence-corrected chi connectivity index (χ4v) is 3.24. The molecule has 120 valence electrons. The van der Waals surface area contributed by atoms with Gasteiger partial charge in [-0.1, -0.05) is 12.1 Å². The lowest BCUT2D eigenvalue weighted by Gasteiger charge is -2.44. The molecule has 2 atom stereocenters. The van der Waals surface area contributed by atoms with Gasteiger partial charge >= 0.3 is 6.09 Å². The molecule has 0 saturated carbocycles. The van der Waals surface area contributed by atoms with Crippen LogP contribution in [0.3, 0.4) is 0 Å². The Morgan fingerprint density at radius 2 is 2.14 bits per heavy atom. The highest BCUT2D eigenvalue weighted by Crippen LogP contribution is 2.34. The Labute approximate surface area is 130 Å². The molecule has 1 unspecified atom stereocenters. The Morgan fingerprint density at radius 1 is 1.36 bits per heavy atom. The monoisotopic (exact) mass is 305 g/mol. The molecule has 22 heavy (non-hydrogen) atoms. The molecule has 1 aromatic rings. The summed E-state index contributed by atoms with van der Waals surface area (Å²) in [6.45, 7) is 6.67. The number of hydrogen-bond acceptors (Lipinski definition) is 4. The van der Waals surface area contributed by atoms with Crippen molar-refractivity contribution in [3.63, 3.8) is 0 Å². The van der Waals surface area contributed by atoms with Gasteiger partial charge in [0.05, 0.1) is 18.8 Å². The number of morpholine rings is 1. The molecular formula is C17H23NO4. The second-order valence-corrected chi connectivity index (χ2v) is 6.97. The number of nitrogens with zero attached hydrogens (tertiary/aromatic N) is 1. The third-order valence-corrected chi connectivity index (χ3v) is 4.20. The Hall–Kier alpha value is -1.75. The molecule has 1 aromatic carbocycles. The number of carbonyl (C=O) groups is 1. The molecule has 1 N–H and O–H groups in total. The van der Waals surface area contributed by atoms with Crippen LogP contribution in [0.5, 0.6) is 5.75 Å². The summed E-state index contributed by atoms with van der Waals surface area (Å²) in [6.07, 6.45) is 0.955.